The Kier molecular flexibility index (Phi) is 3.16. The van der Waals surface area contributed by atoms with Gasteiger partial charge in [0.05, 0.1) is 0 Å². The summed E-state index contributed by atoms with van der Waals surface area (Å²) in [5, 5.41) is 7.86. The number of hydrogen-bond donors (Lipinski definition) is 3. The van der Waals surface area contributed by atoms with E-state index in [9.17, 15) is 9.59 Å². The molecular weight excluding hydrogens is 206 g/mol. The van der Waals surface area contributed by atoms with Gasteiger partial charge in [-0.3, -0.25) is 10.1 Å². The monoisotopic (exact) mass is 219 g/mol. The van der Waals surface area contributed by atoms with Gasteiger partial charge < -0.3 is 10.6 Å². The number of nitrogens with one attached hydrogen (secondary N) is 3. The van der Waals surface area contributed by atoms with Crippen molar-refractivity contribution in [2.45, 2.75) is 12.6 Å². The first-order chi connectivity index (χ1) is 7.75. The smallest absolute Gasteiger partial charge is 0.321 e. The zero-order valence-corrected chi connectivity index (χ0v) is 8.69. The molecule has 1 aromatic carbocycles. The van der Waals surface area contributed by atoms with Crippen LogP contribution in [-0.2, 0) is 11.3 Å². The highest BCUT2D eigenvalue weighted by Gasteiger charge is 2.25. The van der Waals surface area contributed by atoms with E-state index in [1.807, 2.05) is 30.3 Å². The van der Waals surface area contributed by atoms with Crippen molar-refractivity contribution in [2.24, 2.45) is 0 Å². The van der Waals surface area contributed by atoms with Crippen molar-refractivity contribution in [2.75, 3.05) is 6.54 Å². The van der Waals surface area contributed by atoms with Crippen LogP contribution in [0.5, 0.6) is 0 Å². The minimum atomic E-state index is -0.428. The predicted octanol–water partition coefficient (Wildman–Crippen LogP) is -0.0158. The highest BCUT2D eigenvalue weighted by atomic mass is 16.2. The summed E-state index contributed by atoms with van der Waals surface area (Å²) in [4.78, 5) is 22.2. The van der Waals surface area contributed by atoms with Gasteiger partial charge in [0, 0.05) is 13.1 Å². The zero-order valence-electron chi connectivity index (χ0n) is 8.69. The van der Waals surface area contributed by atoms with Crippen LogP contribution < -0.4 is 16.0 Å². The minimum absolute atomic E-state index is 0.278. The number of urea groups is 1. The Morgan fingerprint density at radius 2 is 2.00 bits per heavy atom. The van der Waals surface area contributed by atoms with E-state index >= 15 is 0 Å². The van der Waals surface area contributed by atoms with E-state index in [1.165, 1.54) is 0 Å². The van der Waals surface area contributed by atoms with Gasteiger partial charge in [0.25, 0.3) is 0 Å². The second kappa shape index (κ2) is 4.76. The summed E-state index contributed by atoms with van der Waals surface area (Å²) < 4.78 is 0. The number of amides is 3. The summed E-state index contributed by atoms with van der Waals surface area (Å²) in [5.74, 6) is -0.278. The third-order valence-electron chi connectivity index (χ3n) is 2.42. The first-order valence-electron chi connectivity index (χ1n) is 5.12. The molecule has 2 rings (SSSR count). The molecule has 16 heavy (non-hydrogen) atoms. The standard InChI is InChI=1S/C11H13N3O2/c15-10-9(7-13-11(16)14-10)12-6-8-4-2-1-3-5-8/h1-5,9,12H,6-7H2,(H2,13,14,15,16). The average molecular weight is 219 g/mol. The number of hydrogen-bond acceptors (Lipinski definition) is 3. The fourth-order valence-electron chi connectivity index (χ4n) is 1.53. The van der Waals surface area contributed by atoms with E-state index < -0.39 is 6.03 Å². The normalized spacial score (nSPS) is 20.1. The van der Waals surface area contributed by atoms with Gasteiger partial charge in [-0.1, -0.05) is 30.3 Å². The highest BCUT2D eigenvalue weighted by molar-refractivity contribution is 5.99. The number of imide groups is 1. The molecule has 0 saturated carbocycles. The first-order valence-corrected chi connectivity index (χ1v) is 5.12. The maximum absolute atomic E-state index is 11.4. The zero-order chi connectivity index (χ0) is 11.4. The Morgan fingerprint density at radius 1 is 1.25 bits per heavy atom. The van der Waals surface area contributed by atoms with Crippen LogP contribution in [0.2, 0.25) is 0 Å². The average Bonchev–Trinajstić information content (AvgIpc) is 2.29. The Bertz CT molecular complexity index is 391. The van der Waals surface area contributed by atoms with Gasteiger partial charge in [-0.2, -0.15) is 0 Å². The van der Waals surface area contributed by atoms with Gasteiger partial charge in [0.2, 0.25) is 5.91 Å². The van der Waals surface area contributed by atoms with E-state index in [0.717, 1.165) is 5.56 Å². The SMILES string of the molecule is O=C1NCC(NCc2ccccc2)C(=O)N1. The molecule has 1 aliphatic rings. The van der Waals surface area contributed by atoms with Crippen LogP contribution in [0, 0.1) is 0 Å². The fourth-order valence-corrected chi connectivity index (χ4v) is 1.53. The van der Waals surface area contributed by atoms with Crippen molar-refractivity contribution in [3.63, 3.8) is 0 Å². The predicted molar refractivity (Wildman–Crippen MR) is 58.6 cm³/mol. The van der Waals surface area contributed by atoms with Crippen molar-refractivity contribution >= 4 is 11.9 Å². The molecule has 1 unspecified atom stereocenters. The molecule has 0 spiro atoms. The van der Waals surface area contributed by atoms with E-state index in [4.69, 9.17) is 0 Å². The molecule has 1 heterocycles. The molecule has 84 valence electrons. The summed E-state index contributed by atoms with van der Waals surface area (Å²) in [6, 6.07) is 9.00. The molecule has 0 aliphatic carbocycles. The van der Waals surface area contributed by atoms with Gasteiger partial charge in [-0.05, 0) is 5.56 Å². The third-order valence-corrected chi connectivity index (χ3v) is 2.42. The topological polar surface area (TPSA) is 70.2 Å². The molecule has 1 aliphatic heterocycles. The quantitative estimate of drug-likeness (QED) is 0.669. The lowest BCUT2D eigenvalue weighted by molar-refractivity contribution is -0.122. The van der Waals surface area contributed by atoms with E-state index in [-0.39, 0.29) is 11.9 Å². The van der Waals surface area contributed by atoms with Crippen LogP contribution in [0.15, 0.2) is 30.3 Å². The molecule has 1 atom stereocenters. The molecule has 3 amide bonds. The number of benzene rings is 1. The molecular formula is C11H13N3O2. The molecule has 5 heteroatoms. The van der Waals surface area contributed by atoms with E-state index in [0.29, 0.717) is 13.1 Å². The van der Waals surface area contributed by atoms with Gasteiger partial charge in [-0.25, -0.2) is 4.79 Å². The summed E-state index contributed by atoms with van der Waals surface area (Å²) >= 11 is 0. The largest absolute Gasteiger partial charge is 0.336 e. The van der Waals surface area contributed by atoms with Crippen LogP contribution in [0.4, 0.5) is 4.79 Å². The van der Waals surface area contributed by atoms with Gasteiger partial charge in [0.1, 0.15) is 6.04 Å². The van der Waals surface area contributed by atoms with E-state index in [1.54, 1.807) is 0 Å². The van der Waals surface area contributed by atoms with Crippen molar-refractivity contribution < 1.29 is 9.59 Å². The van der Waals surface area contributed by atoms with Gasteiger partial charge in [-0.15, -0.1) is 0 Å². The molecule has 5 nitrogen and oxygen atoms in total. The summed E-state index contributed by atoms with van der Waals surface area (Å²) in [6.45, 7) is 0.937. The van der Waals surface area contributed by atoms with Crippen LogP contribution in [0.3, 0.4) is 0 Å². The number of carbonyl (C=O) groups excluding carboxylic acids is 2. The van der Waals surface area contributed by atoms with Crippen LogP contribution >= 0.6 is 0 Å². The van der Waals surface area contributed by atoms with Crippen LogP contribution in [0.1, 0.15) is 5.56 Å². The third kappa shape index (κ3) is 2.58. The van der Waals surface area contributed by atoms with Gasteiger partial charge in [0.15, 0.2) is 0 Å². The maximum atomic E-state index is 11.4. The Morgan fingerprint density at radius 3 is 2.69 bits per heavy atom. The highest BCUT2D eigenvalue weighted by Crippen LogP contribution is 1.99. The molecule has 0 aromatic heterocycles. The van der Waals surface area contributed by atoms with Crippen molar-refractivity contribution in [3.8, 4) is 0 Å². The van der Waals surface area contributed by atoms with Crippen molar-refractivity contribution in [3.05, 3.63) is 35.9 Å². The Labute approximate surface area is 93.2 Å². The lowest BCUT2D eigenvalue weighted by atomic mass is 10.2. The lowest BCUT2D eigenvalue weighted by Gasteiger charge is -2.23. The number of carbonyl (C=O) groups is 2. The molecule has 3 N–H and O–H groups in total. The minimum Gasteiger partial charge on any atom is -0.336 e. The Balaban J connectivity index is 1.87. The number of rotatable bonds is 3. The first kappa shape index (κ1) is 10.6. The fraction of sp³-hybridized carbons (Fsp3) is 0.273. The van der Waals surface area contributed by atoms with Crippen molar-refractivity contribution in [1.29, 1.82) is 0 Å². The second-order valence-electron chi connectivity index (χ2n) is 3.62. The summed E-state index contributed by atoms with van der Waals surface area (Å²) in [6.07, 6.45) is 0. The summed E-state index contributed by atoms with van der Waals surface area (Å²) in [5.41, 5.74) is 1.10. The van der Waals surface area contributed by atoms with Crippen LogP contribution in [0.25, 0.3) is 0 Å². The van der Waals surface area contributed by atoms with Gasteiger partial charge >= 0.3 is 6.03 Å². The van der Waals surface area contributed by atoms with Crippen molar-refractivity contribution in [1.82, 2.24) is 16.0 Å². The molecule has 1 fully saturated rings. The molecule has 1 aromatic rings. The molecule has 0 radical (unpaired) electrons. The van der Waals surface area contributed by atoms with E-state index in [2.05, 4.69) is 16.0 Å². The lowest BCUT2D eigenvalue weighted by Crippen LogP contribution is -2.59. The molecule has 0 bridgehead atoms. The Hall–Kier alpha value is -1.88. The van der Waals surface area contributed by atoms with Crippen LogP contribution in [-0.4, -0.2) is 24.5 Å². The second-order valence-corrected chi connectivity index (χ2v) is 3.62. The summed E-state index contributed by atoms with van der Waals surface area (Å²) in [7, 11) is 0. The molecule has 1 saturated heterocycles. The maximum Gasteiger partial charge on any atom is 0.321 e.